The van der Waals surface area contributed by atoms with Gasteiger partial charge in [-0.2, -0.15) is 4.31 Å². The fourth-order valence-corrected chi connectivity index (χ4v) is 4.97. The zero-order valence-electron chi connectivity index (χ0n) is 15.5. The van der Waals surface area contributed by atoms with Gasteiger partial charge in [-0.1, -0.05) is 13.8 Å². The van der Waals surface area contributed by atoms with Crippen molar-refractivity contribution in [3.8, 4) is 5.75 Å². The van der Waals surface area contributed by atoms with Crippen LogP contribution in [0, 0.1) is 6.92 Å². The van der Waals surface area contributed by atoms with Gasteiger partial charge >= 0.3 is 0 Å². The third-order valence-corrected chi connectivity index (χ3v) is 6.11. The first-order valence-corrected chi connectivity index (χ1v) is 10.0. The van der Waals surface area contributed by atoms with E-state index in [-0.39, 0.29) is 23.0 Å². The first kappa shape index (κ1) is 19.2. The van der Waals surface area contributed by atoms with Crippen LogP contribution in [0.5, 0.6) is 5.75 Å². The molecule has 0 radical (unpaired) electrons. The lowest BCUT2D eigenvalue weighted by molar-refractivity contribution is -0.0441. The molecule has 2 atom stereocenters. The van der Waals surface area contributed by atoms with Crippen LogP contribution in [0.3, 0.4) is 0 Å². The summed E-state index contributed by atoms with van der Waals surface area (Å²) in [6.07, 6.45) is -0.233. The quantitative estimate of drug-likeness (QED) is 0.813. The van der Waals surface area contributed by atoms with Crippen molar-refractivity contribution >= 4 is 10.0 Å². The van der Waals surface area contributed by atoms with E-state index in [0.717, 1.165) is 11.1 Å². The number of benzene rings is 1. The average molecular weight is 356 g/mol. The highest BCUT2D eigenvalue weighted by Crippen LogP contribution is 2.34. The first-order valence-electron chi connectivity index (χ1n) is 8.59. The SMILES string of the molecule is CCOc1cc(C)c(C(C)C)cc1S(=O)(=O)N1C[C@H](C)O[C@@H](C)C1. The summed E-state index contributed by atoms with van der Waals surface area (Å²) in [5, 5.41) is 0. The molecule has 0 amide bonds. The van der Waals surface area contributed by atoms with Crippen LogP contribution < -0.4 is 4.74 Å². The third kappa shape index (κ3) is 3.92. The molecule has 0 unspecified atom stereocenters. The van der Waals surface area contributed by atoms with Gasteiger partial charge in [-0.05, 0) is 56.9 Å². The number of hydrogen-bond acceptors (Lipinski definition) is 4. The molecule has 0 bridgehead atoms. The van der Waals surface area contributed by atoms with Gasteiger partial charge in [0.15, 0.2) is 0 Å². The summed E-state index contributed by atoms with van der Waals surface area (Å²) >= 11 is 0. The number of sulfonamides is 1. The highest BCUT2D eigenvalue weighted by atomic mass is 32.2. The average Bonchev–Trinajstić information content (AvgIpc) is 2.46. The maximum atomic E-state index is 13.3. The van der Waals surface area contributed by atoms with Gasteiger partial charge < -0.3 is 9.47 Å². The second kappa shape index (κ2) is 7.42. The molecule has 0 spiro atoms. The molecule has 1 heterocycles. The third-order valence-electron chi connectivity index (χ3n) is 4.26. The number of morpholine rings is 1. The van der Waals surface area contributed by atoms with E-state index in [2.05, 4.69) is 13.8 Å². The Kier molecular flexibility index (Phi) is 5.94. The van der Waals surface area contributed by atoms with E-state index in [0.29, 0.717) is 25.4 Å². The fourth-order valence-electron chi connectivity index (χ4n) is 3.24. The zero-order chi connectivity index (χ0) is 18.1. The molecule has 2 rings (SSSR count). The lowest BCUT2D eigenvalue weighted by Crippen LogP contribution is -2.48. The number of nitrogens with zero attached hydrogens (tertiary/aromatic N) is 1. The van der Waals surface area contributed by atoms with Crippen LogP contribution in [0.4, 0.5) is 0 Å². The Labute approximate surface area is 146 Å². The molecule has 6 heteroatoms. The normalized spacial score (nSPS) is 22.8. The lowest BCUT2D eigenvalue weighted by atomic mass is 9.98. The van der Waals surface area contributed by atoms with Crippen LogP contribution in [-0.4, -0.2) is 44.6 Å². The van der Waals surface area contributed by atoms with Crippen molar-refractivity contribution in [2.45, 2.75) is 64.6 Å². The number of hydrogen-bond donors (Lipinski definition) is 0. The summed E-state index contributed by atoms with van der Waals surface area (Å²) in [4.78, 5) is 0.264. The molecule has 24 heavy (non-hydrogen) atoms. The number of rotatable bonds is 5. The van der Waals surface area contributed by atoms with E-state index in [1.807, 2.05) is 33.8 Å². The van der Waals surface area contributed by atoms with E-state index in [9.17, 15) is 8.42 Å². The van der Waals surface area contributed by atoms with E-state index >= 15 is 0 Å². The molecule has 1 aliphatic rings. The highest BCUT2D eigenvalue weighted by Gasteiger charge is 2.34. The smallest absolute Gasteiger partial charge is 0.246 e. The Morgan fingerprint density at radius 1 is 1.25 bits per heavy atom. The van der Waals surface area contributed by atoms with Crippen molar-refractivity contribution in [3.63, 3.8) is 0 Å². The molecule has 1 fully saturated rings. The van der Waals surface area contributed by atoms with Crippen LogP contribution >= 0.6 is 0 Å². The van der Waals surface area contributed by atoms with Crippen LogP contribution in [-0.2, 0) is 14.8 Å². The molecule has 0 aromatic heterocycles. The Morgan fingerprint density at radius 2 is 1.83 bits per heavy atom. The molecular weight excluding hydrogens is 326 g/mol. The molecule has 0 aliphatic carbocycles. The van der Waals surface area contributed by atoms with Crippen molar-refractivity contribution in [2.24, 2.45) is 0 Å². The van der Waals surface area contributed by atoms with E-state index < -0.39 is 10.0 Å². The fraction of sp³-hybridized carbons (Fsp3) is 0.667. The first-order chi connectivity index (χ1) is 11.2. The van der Waals surface area contributed by atoms with Crippen molar-refractivity contribution in [3.05, 3.63) is 23.3 Å². The molecule has 1 aliphatic heterocycles. The van der Waals surface area contributed by atoms with Gasteiger partial charge in [-0.3, -0.25) is 0 Å². The minimum atomic E-state index is -3.63. The Balaban J connectivity index is 2.53. The number of ether oxygens (including phenoxy) is 2. The highest BCUT2D eigenvalue weighted by molar-refractivity contribution is 7.89. The van der Waals surface area contributed by atoms with Gasteiger partial charge in [0.2, 0.25) is 10.0 Å². The molecule has 1 aromatic carbocycles. The summed E-state index contributed by atoms with van der Waals surface area (Å²) in [5.74, 6) is 0.684. The molecular formula is C18H29NO4S. The summed E-state index contributed by atoms with van der Waals surface area (Å²) in [5.41, 5.74) is 2.09. The van der Waals surface area contributed by atoms with Gasteiger partial charge in [0.05, 0.1) is 18.8 Å². The van der Waals surface area contributed by atoms with E-state index in [1.165, 1.54) is 4.31 Å². The largest absolute Gasteiger partial charge is 0.492 e. The van der Waals surface area contributed by atoms with E-state index in [1.54, 1.807) is 6.07 Å². The maximum absolute atomic E-state index is 13.3. The summed E-state index contributed by atoms with van der Waals surface area (Å²) in [6.45, 7) is 12.9. The monoisotopic (exact) mass is 355 g/mol. The minimum absolute atomic E-state index is 0.117. The van der Waals surface area contributed by atoms with Gasteiger partial charge in [0.1, 0.15) is 10.6 Å². The lowest BCUT2D eigenvalue weighted by Gasteiger charge is -2.34. The summed E-state index contributed by atoms with van der Waals surface area (Å²) < 4.78 is 39.3. The topological polar surface area (TPSA) is 55.8 Å². The Morgan fingerprint density at radius 3 is 2.33 bits per heavy atom. The number of aryl methyl sites for hydroxylation is 1. The van der Waals surface area contributed by atoms with Gasteiger partial charge in [-0.25, -0.2) is 8.42 Å². The van der Waals surface area contributed by atoms with Crippen molar-refractivity contribution in [2.75, 3.05) is 19.7 Å². The predicted molar refractivity (Wildman–Crippen MR) is 95.2 cm³/mol. The Hall–Kier alpha value is -1.11. The van der Waals surface area contributed by atoms with Crippen molar-refractivity contribution in [1.82, 2.24) is 4.31 Å². The summed E-state index contributed by atoms with van der Waals surface area (Å²) in [6, 6.07) is 3.63. The Bertz CT molecular complexity index is 675. The van der Waals surface area contributed by atoms with Crippen molar-refractivity contribution in [1.29, 1.82) is 0 Å². The van der Waals surface area contributed by atoms with Gasteiger partial charge in [0, 0.05) is 13.1 Å². The van der Waals surface area contributed by atoms with Crippen molar-refractivity contribution < 1.29 is 17.9 Å². The predicted octanol–water partition coefficient (Wildman–Crippen LogP) is 3.32. The second-order valence-electron chi connectivity index (χ2n) is 6.82. The maximum Gasteiger partial charge on any atom is 0.246 e. The van der Waals surface area contributed by atoms with Gasteiger partial charge in [-0.15, -0.1) is 0 Å². The van der Waals surface area contributed by atoms with Crippen LogP contribution in [0.2, 0.25) is 0 Å². The van der Waals surface area contributed by atoms with Crippen LogP contribution in [0.1, 0.15) is 51.7 Å². The summed E-state index contributed by atoms with van der Waals surface area (Å²) in [7, 11) is -3.63. The van der Waals surface area contributed by atoms with Gasteiger partial charge in [0.25, 0.3) is 0 Å². The molecule has 5 nitrogen and oxygen atoms in total. The molecule has 136 valence electrons. The van der Waals surface area contributed by atoms with E-state index in [4.69, 9.17) is 9.47 Å². The minimum Gasteiger partial charge on any atom is -0.492 e. The second-order valence-corrected chi connectivity index (χ2v) is 8.73. The molecule has 0 N–H and O–H groups in total. The molecule has 0 saturated carbocycles. The molecule has 1 aromatic rings. The zero-order valence-corrected chi connectivity index (χ0v) is 16.3. The standard InChI is InChI=1S/C18H29NO4S/c1-7-22-17-8-13(4)16(12(2)3)9-18(17)24(20,21)19-10-14(5)23-15(6)11-19/h8-9,12,14-15H,7,10-11H2,1-6H3/t14-,15-/m0/s1. The van der Waals surface area contributed by atoms with Crippen LogP contribution in [0.25, 0.3) is 0 Å². The molecule has 1 saturated heterocycles. The van der Waals surface area contributed by atoms with Crippen LogP contribution in [0.15, 0.2) is 17.0 Å².